The Morgan fingerprint density at radius 1 is 0.844 bits per heavy atom. The predicted molar refractivity (Wildman–Crippen MR) is 131 cm³/mol. The third-order valence-corrected chi connectivity index (χ3v) is 11.1. The molecule has 4 rings (SSSR count). The molecule has 1 unspecified atom stereocenters. The molecule has 1 heterocycles. The van der Waals surface area contributed by atoms with E-state index in [1.807, 2.05) is 0 Å². The Morgan fingerprint density at radius 3 is 2.09 bits per heavy atom. The van der Waals surface area contributed by atoms with Crippen LogP contribution in [0.15, 0.2) is 47.7 Å². The number of nitrogens with one attached hydrogen (secondary N) is 1. The monoisotopic (exact) mass is 519 g/mol. The van der Waals surface area contributed by atoms with Crippen LogP contribution in [0.3, 0.4) is 0 Å². The summed E-state index contributed by atoms with van der Waals surface area (Å²) in [6.07, 6.45) is 2.53. The van der Waals surface area contributed by atoms with Gasteiger partial charge in [-0.1, -0.05) is 0 Å². The Morgan fingerprint density at radius 2 is 1.50 bits per heavy atom. The predicted octanol–water partition coefficient (Wildman–Crippen LogP) is 0.643. The minimum atomic E-state index is -0.861. The number of benzene rings is 2. The maximum Gasteiger partial charge on any atom is -1.00 e. The quantitative estimate of drug-likeness (QED) is 0.489. The van der Waals surface area contributed by atoms with Gasteiger partial charge in [0.15, 0.2) is 0 Å². The average molecular weight is 520 g/mol. The molecule has 1 aliphatic carbocycles. The van der Waals surface area contributed by atoms with Crippen LogP contribution in [-0.4, -0.2) is 13.8 Å². The van der Waals surface area contributed by atoms with Crippen molar-refractivity contribution in [3.63, 3.8) is 0 Å². The van der Waals surface area contributed by atoms with Gasteiger partial charge in [0, 0.05) is 0 Å². The molecule has 1 N–H and O–H groups in total. The maximum absolute atomic E-state index is 3.94. The molecule has 0 radical (unpaired) electrons. The Balaban J connectivity index is 0.00000181. The number of rotatable bonds is 3. The molecule has 1 atom stereocenters. The first-order valence-corrected chi connectivity index (χ1v) is 15.8. The molecule has 0 bridgehead atoms. The molecule has 5 heteroatoms. The molecule has 0 saturated heterocycles. The van der Waals surface area contributed by atoms with E-state index < -0.39 is 8.80 Å². The summed E-state index contributed by atoms with van der Waals surface area (Å²) in [4.78, 5) is 3.94. The minimum Gasteiger partial charge on any atom is -1.00 e. The van der Waals surface area contributed by atoms with E-state index in [1.54, 1.807) is 20.3 Å². The Kier molecular flexibility index (Phi) is 8.45. The number of hydrogen-bond donors (Lipinski definition) is 1. The number of H-pyrrole nitrogens is 1. The van der Waals surface area contributed by atoms with Gasteiger partial charge in [-0.3, -0.25) is 0 Å². The summed E-state index contributed by atoms with van der Waals surface area (Å²) in [5.74, 6) is 0. The Labute approximate surface area is 217 Å². The number of allylic oxidation sites excluding steroid dienone is 1. The third kappa shape index (κ3) is 5.00. The summed E-state index contributed by atoms with van der Waals surface area (Å²) >= 11 is -0.389. The zero-order chi connectivity index (χ0) is 21.8. The first-order valence-electron chi connectivity index (χ1n) is 11.2. The zero-order valence-electron chi connectivity index (χ0n) is 20.5. The topological polar surface area (TPSA) is 15.8 Å². The second-order valence-corrected chi connectivity index (χ2v) is 16.2. The van der Waals surface area contributed by atoms with Crippen molar-refractivity contribution < 1.29 is 44.0 Å². The summed E-state index contributed by atoms with van der Waals surface area (Å²) < 4.78 is 2.19. The van der Waals surface area contributed by atoms with Gasteiger partial charge < -0.3 is 24.8 Å². The largest absolute Gasteiger partial charge is 1.00 e. The van der Waals surface area contributed by atoms with Crippen molar-refractivity contribution in [3.8, 4) is 0 Å². The molecule has 2 aromatic carbocycles. The van der Waals surface area contributed by atoms with Crippen molar-refractivity contribution in [1.29, 1.82) is 0 Å². The van der Waals surface area contributed by atoms with E-state index in [2.05, 4.69) is 108 Å². The van der Waals surface area contributed by atoms with Crippen molar-refractivity contribution in [2.24, 2.45) is 0 Å². The second-order valence-electron chi connectivity index (χ2n) is 11.1. The smallest absolute Gasteiger partial charge is 1.00 e. The van der Waals surface area contributed by atoms with Gasteiger partial charge >= 0.3 is 194 Å². The van der Waals surface area contributed by atoms with Crippen LogP contribution < -0.4 is 28.8 Å². The van der Waals surface area contributed by atoms with Crippen molar-refractivity contribution in [2.75, 3.05) is 0 Å². The molecule has 1 aliphatic rings. The molecule has 1 nitrogen and oxygen atoms in total. The van der Waals surface area contributed by atoms with Gasteiger partial charge in [0.25, 0.3) is 0 Å². The molecule has 32 heavy (non-hydrogen) atoms. The number of aromatic amines is 1. The minimum absolute atomic E-state index is 0. The summed E-state index contributed by atoms with van der Waals surface area (Å²) in [5, 5.41) is 3.24. The first-order chi connectivity index (χ1) is 14.0. The molecule has 0 fully saturated rings. The van der Waals surface area contributed by atoms with Gasteiger partial charge in [0.2, 0.25) is 0 Å². The Bertz CT molecular complexity index is 1130. The van der Waals surface area contributed by atoms with E-state index >= 15 is 0 Å². The summed E-state index contributed by atoms with van der Waals surface area (Å²) in [7, 11) is -0.861. The normalized spacial score (nSPS) is 15.7. The van der Waals surface area contributed by atoms with Crippen molar-refractivity contribution >= 4 is 29.8 Å². The zero-order valence-corrected chi connectivity index (χ0v) is 24.8. The van der Waals surface area contributed by atoms with Crippen LogP contribution in [0.25, 0.3) is 17.0 Å². The molecule has 0 aliphatic heterocycles. The van der Waals surface area contributed by atoms with Gasteiger partial charge in [0.05, 0.1) is 0 Å². The van der Waals surface area contributed by atoms with E-state index in [0.717, 1.165) is 0 Å². The van der Waals surface area contributed by atoms with Gasteiger partial charge in [-0.05, 0) is 0 Å². The second kappa shape index (κ2) is 9.84. The fraction of sp³-hybridized carbons (Fsp3) is 0.407. The molecular formula is C27H35Cl2NSiTi. The average Bonchev–Trinajstić information content (AvgIpc) is 3.19. The molecule has 0 amide bonds. The van der Waals surface area contributed by atoms with Crippen LogP contribution in [0.4, 0.5) is 0 Å². The fourth-order valence-corrected chi connectivity index (χ4v) is 11.0. The number of fused-ring (bicyclic) bond motifs is 2. The van der Waals surface area contributed by atoms with Gasteiger partial charge in [0.1, 0.15) is 0 Å². The molecule has 1 aromatic heterocycles. The summed E-state index contributed by atoms with van der Waals surface area (Å²) in [6.45, 7) is 19.2. The van der Waals surface area contributed by atoms with Crippen LogP contribution in [0.1, 0.15) is 68.0 Å². The number of halogens is 2. The van der Waals surface area contributed by atoms with Crippen LogP contribution >= 0.6 is 0 Å². The van der Waals surface area contributed by atoms with Crippen molar-refractivity contribution in [1.82, 2.24) is 4.98 Å². The van der Waals surface area contributed by atoms with Gasteiger partial charge in [-0.15, -0.1) is 0 Å². The Hall–Kier alpha value is -0.769. The summed E-state index contributed by atoms with van der Waals surface area (Å²) in [6, 6.07) is 16.0. The fourth-order valence-electron chi connectivity index (χ4n) is 4.88. The molecule has 170 valence electrons. The molecular weight excluding hydrogens is 485 g/mol. The first kappa shape index (κ1) is 27.5. The number of hydrogen-bond acceptors (Lipinski definition) is 0. The standard InChI is InChI=1S/C16H22N.C11H13Si.2ClH.Ti/c1-15(2,3)11-8-7-9-13-14(11)12(10-17-13)16(4,5)6;1-12(2)11-7-9-5-3-4-6-10(9)8-11;;;/h7-9,17H,1-6H3;3-8,12H,1-2H3;2*1H;/q;;;;+2/p-2. The summed E-state index contributed by atoms with van der Waals surface area (Å²) in [5.41, 5.74) is 7.65. The molecule has 0 saturated carbocycles. The van der Waals surface area contributed by atoms with Gasteiger partial charge in [-0.25, -0.2) is 0 Å². The van der Waals surface area contributed by atoms with Gasteiger partial charge in [-0.2, -0.15) is 0 Å². The van der Waals surface area contributed by atoms with Crippen LogP contribution in [0.2, 0.25) is 13.1 Å². The van der Waals surface area contributed by atoms with Crippen LogP contribution in [-0.2, 0) is 30.0 Å². The van der Waals surface area contributed by atoms with Crippen LogP contribution in [0.5, 0.6) is 0 Å². The molecule has 3 aromatic rings. The van der Waals surface area contributed by atoms with E-state index in [0.29, 0.717) is 4.22 Å². The van der Waals surface area contributed by atoms with Crippen LogP contribution in [0, 0.1) is 0 Å². The number of aromatic nitrogens is 1. The van der Waals surface area contributed by atoms with E-state index in [9.17, 15) is 0 Å². The van der Waals surface area contributed by atoms with E-state index in [4.69, 9.17) is 0 Å². The SMILES string of the molecule is C[SiH](C)C1=Cc2ccccc2[CH]1[Ti+2][c]1[nH]c2cccc(C(C)(C)C)c2c1C(C)(C)C.[Cl-].[Cl-]. The van der Waals surface area contributed by atoms with Crippen molar-refractivity contribution in [2.45, 2.75) is 69.7 Å². The maximum atomic E-state index is 3.94. The van der Waals surface area contributed by atoms with E-state index in [-0.39, 0.29) is 54.8 Å². The molecule has 0 spiro atoms. The van der Waals surface area contributed by atoms with Crippen molar-refractivity contribution in [3.05, 3.63) is 69.9 Å². The van der Waals surface area contributed by atoms with E-state index in [1.165, 1.54) is 22.0 Å². The third-order valence-electron chi connectivity index (χ3n) is 6.30.